The van der Waals surface area contributed by atoms with Gasteiger partial charge in [-0.05, 0) is 30.5 Å². The zero-order chi connectivity index (χ0) is 27.3. The van der Waals surface area contributed by atoms with Gasteiger partial charge in [-0.2, -0.15) is 9.29 Å². The average molecular weight is 572 g/mol. The quantitative estimate of drug-likeness (QED) is 0.281. The standard InChI is InChI=1S/C24H30ClN11O2S/c1-39(37,38)35-13-18(14-35)33-4-6-34(7-5-33)20-9-15(10-26)8-19(21(20)25)30-24-31-22(29-16-2-3-16)23-28-12-17(11-27)36(23)32-24/h8-12,16,18,26-27H,2-7,13-14H2,1H3,(H2,29,30,31,32). The zero-order valence-corrected chi connectivity index (χ0v) is 23.0. The molecule has 4 heterocycles. The van der Waals surface area contributed by atoms with Crippen LogP contribution < -0.4 is 15.5 Å². The van der Waals surface area contributed by atoms with Crippen molar-refractivity contribution in [2.75, 3.05) is 61.1 Å². The largest absolute Gasteiger partial charge is 0.368 e. The second-order valence-electron chi connectivity index (χ2n) is 10.2. The number of fused-ring (bicyclic) bond motifs is 1. The topological polar surface area (TPSA) is 159 Å². The number of piperazine rings is 1. The van der Waals surface area contributed by atoms with Crippen molar-refractivity contribution >= 4 is 62.8 Å². The highest BCUT2D eigenvalue weighted by Crippen LogP contribution is 2.37. The van der Waals surface area contributed by atoms with E-state index < -0.39 is 10.0 Å². The van der Waals surface area contributed by atoms with E-state index in [0.29, 0.717) is 58.5 Å². The second-order valence-corrected chi connectivity index (χ2v) is 12.6. The molecule has 0 amide bonds. The fourth-order valence-electron chi connectivity index (χ4n) is 4.97. The molecule has 2 aliphatic heterocycles. The highest BCUT2D eigenvalue weighted by atomic mass is 35.5. The number of halogens is 1. The summed E-state index contributed by atoms with van der Waals surface area (Å²) < 4.78 is 26.5. The van der Waals surface area contributed by atoms with Gasteiger partial charge >= 0.3 is 0 Å². The number of hydrogen-bond acceptors (Lipinski definition) is 11. The number of benzene rings is 1. The summed E-state index contributed by atoms with van der Waals surface area (Å²) in [6.07, 6.45) is 7.44. The summed E-state index contributed by atoms with van der Waals surface area (Å²) in [6.45, 7) is 4.11. The van der Waals surface area contributed by atoms with Crippen molar-refractivity contribution in [3.8, 4) is 0 Å². The van der Waals surface area contributed by atoms with Crippen LogP contribution >= 0.6 is 11.6 Å². The van der Waals surface area contributed by atoms with E-state index >= 15 is 0 Å². The van der Waals surface area contributed by atoms with E-state index in [1.165, 1.54) is 23.0 Å². The summed E-state index contributed by atoms with van der Waals surface area (Å²) in [4.78, 5) is 13.6. The van der Waals surface area contributed by atoms with Gasteiger partial charge in [0.05, 0.1) is 28.9 Å². The molecular formula is C24H30ClN11O2S. The molecule has 2 aromatic heterocycles. The maximum atomic E-state index is 11.7. The fraction of sp³-hybridized carbons (Fsp3) is 0.458. The molecule has 1 saturated carbocycles. The maximum Gasteiger partial charge on any atom is 0.247 e. The fourth-order valence-corrected chi connectivity index (χ4v) is 6.13. The van der Waals surface area contributed by atoms with Crippen molar-refractivity contribution in [1.82, 2.24) is 28.8 Å². The van der Waals surface area contributed by atoms with Crippen molar-refractivity contribution in [3.63, 3.8) is 0 Å². The van der Waals surface area contributed by atoms with Crippen LogP contribution in [0.2, 0.25) is 5.02 Å². The van der Waals surface area contributed by atoms with Gasteiger partial charge in [0.1, 0.15) is 5.69 Å². The summed E-state index contributed by atoms with van der Waals surface area (Å²) in [5.74, 6) is 0.885. The molecule has 0 atom stereocenters. The Bertz CT molecular complexity index is 1540. The van der Waals surface area contributed by atoms with E-state index in [0.717, 1.165) is 44.7 Å². The van der Waals surface area contributed by atoms with Crippen LogP contribution in [0.15, 0.2) is 18.3 Å². The van der Waals surface area contributed by atoms with Crippen LogP contribution in [0.1, 0.15) is 24.1 Å². The third-order valence-electron chi connectivity index (χ3n) is 7.41. The van der Waals surface area contributed by atoms with E-state index in [-0.39, 0.29) is 6.04 Å². The molecule has 13 nitrogen and oxygen atoms in total. The van der Waals surface area contributed by atoms with Crippen molar-refractivity contribution in [2.45, 2.75) is 24.9 Å². The molecule has 3 fully saturated rings. The molecule has 0 bridgehead atoms. The van der Waals surface area contributed by atoms with Gasteiger partial charge in [0.2, 0.25) is 16.0 Å². The Kier molecular flexibility index (Phi) is 6.65. The minimum absolute atomic E-state index is 0.238. The predicted molar refractivity (Wildman–Crippen MR) is 152 cm³/mol. The molecule has 15 heteroatoms. The van der Waals surface area contributed by atoms with Gasteiger partial charge in [-0.3, -0.25) is 4.90 Å². The van der Waals surface area contributed by atoms with Crippen LogP contribution in [0.5, 0.6) is 0 Å². The van der Waals surface area contributed by atoms with Gasteiger partial charge in [0.25, 0.3) is 0 Å². The van der Waals surface area contributed by atoms with Crippen LogP contribution in [0, 0.1) is 10.8 Å². The molecule has 1 aromatic carbocycles. The van der Waals surface area contributed by atoms with Gasteiger partial charge in [0, 0.05) is 63.8 Å². The van der Waals surface area contributed by atoms with Crippen LogP contribution in [-0.4, -0.2) is 107 Å². The lowest BCUT2D eigenvalue weighted by atomic mass is 10.1. The van der Waals surface area contributed by atoms with Crippen molar-refractivity contribution < 1.29 is 8.42 Å². The first-order valence-corrected chi connectivity index (χ1v) is 15.0. The molecule has 4 N–H and O–H groups in total. The van der Waals surface area contributed by atoms with E-state index in [2.05, 4.69) is 35.5 Å². The molecule has 39 heavy (non-hydrogen) atoms. The van der Waals surface area contributed by atoms with Gasteiger partial charge in [0.15, 0.2) is 11.5 Å². The summed E-state index contributed by atoms with van der Waals surface area (Å²) in [5.41, 5.74) is 3.15. The third-order valence-corrected chi connectivity index (χ3v) is 9.05. The Labute approximate surface area is 231 Å². The predicted octanol–water partition coefficient (Wildman–Crippen LogP) is 1.86. The highest BCUT2D eigenvalue weighted by Gasteiger charge is 2.38. The minimum atomic E-state index is -3.13. The first-order valence-electron chi connectivity index (χ1n) is 12.8. The zero-order valence-electron chi connectivity index (χ0n) is 21.4. The van der Waals surface area contributed by atoms with Crippen molar-refractivity contribution in [3.05, 3.63) is 34.6 Å². The van der Waals surface area contributed by atoms with Crippen molar-refractivity contribution in [2.24, 2.45) is 0 Å². The van der Waals surface area contributed by atoms with E-state index in [9.17, 15) is 8.42 Å². The number of nitrogens with one attached hydrogen (secondary N) is 4. The van der Waals surface area contributed by atoms with Crippen LogP contribution in [-0.2, 0) is 10.0 Å². The lowest BCUT2D eigenvalue weighted by Crippen LogP contribution is -2.64. The molecule has 2 saturated heterocycles. The number of sulfonamides is 1. The number of imidazole rings is 1. The molecule has 6 rings (SSSR count). The first-order chi connectivity index (χ1) is 18.7. The summed E-state index contributed by atoms with van der Waals surface area (Å²) >= 11 is 6.92. The molecule has 3 aromatic rings. The van der Waals surface area contributed by atoms with E-state index in [1.54, 1.807) is 16.8 Å². The number of anilines is 4. The third kappa shape index (κ3) is 5.16. The highest BCUT2D eigenvalue weighted by molar-refractivity contribution is 7.88. The molecule has 1 aliphatic carbocycles. The van der Waals surface area contributed by atoms with Crippen LogP contribution in [0.3, 0.4) is 0 Å². The summed E-state index contributed by atoms with van der Waals surface area (Å²) in [6, 6.07) is 4.28. The number of hydrogen-bond donors (Lipinski definition) is 4. The summed E-state index contributed by atoms with van der Waals surface area (Å²) in [5, 5.41) is 27.3. The average Bonchev–Trinajstić information content (AvgIpc) is 3.60. The van der Waals surface area contributed by atoms with Crippen molar-refractivity contribution in [1.29, 1.82) is 10.8 Å². The van der Waals surface area contributed by atoms with Gasteiger partial charge < -0.3 is 26.4 Å². The first kappa shape index (κ1) is 25.9. The number of nitrogens with zero attached hydrogens (tertiary/aromatic N) is 7. The van der Waals surface area contributed by atoms with Gasteiger partial charge in [-0.15, -0.1) is 5.10 Å². The Morgan fingerprint density at radius 2 is 1.85 bits per heavy atom. The lowest BCUT2D eigenvalue weighted by Gasteiger charge is -2.47. The molecule has 206 valence electrons. The monoisotopic (exact) mass is 571 g/mol. The van der Waals surface area contributed by atoms with E-state index in [4.69, 9.17) is 22.4 Å². The Hall–Kier alpha value is -3.33. The number of rotatable bonds is 9. The molecular weight excluding hydrogens is 542 g/mol. The normalized spacial score (nSPS) is 19.2. The summed E-state index contributed by atoms with van der Waals surface area (Å²) in [7, 11) is -3.13. The Morgan fingerprint density at radius 3 is 2.49 bits per heavy atom. The molecule has 0 radical (unpaired) electrons. The SMILES string of the molecule is CS(=O)(=O)N1CC(N2CCN(c3cc(C=N)cc(Nc4nc(NC5CC5)c5ncc(C=N)n5n4)c3Cl)CC2)C1. The van der Waals surface area contributed by atoms with Crippen LogP contribution in [0.25, 0.3) is 5.65 Å². The Balaban J connectivity index is 1.23. The van der Waals surface area contributed by atoms with Gasteiger partial charge in [-0.25, -0.2) is 17.9 Å². The molecule has 3 aliphatic rings. The molecule has 0 spiro atoms. The van der Waals surface area contributed by atoms with Gasteiger partial charge in [-0.1, -0.05) is 11.6 Å². The maximum absolute atomic E-state index is 11.7. The Morgan fingerprint density at radius 1 is 1.10 bits per heavy atom. The second kappa shape index (κ2) is 10.0. The lowest BCUT2D eigenvalue weighted by molar-refractivity contribution is 0.0833. The minimum Gasteiger partial charge on any atom is -0.368 e. The smallest absolute Gasteiger partial charge is 0.247 e. The van der Waals surface area contributed by atoms with Crippen LogP contribution in [0.4, 0.5) is 23.1 Å². The molecule has 0 unspecified atom stereocenters. The van der Waals surface area contributed by atoms with E-state index in [1.807, 2.05) is 6.07 Å². The number of aromatic nitrogens is 4.